The molecule has 0 radical (unpaired) electrons. The number of hydrogen-bond donors (Lipinski definition) is 0. The fourth-order valence-corrected chi connectivity index (χ4v) is 4.20. The molecule has 2 saturated heterocycles. The van der Waals surface area contributed by atoms with Gasteiger partial charge in [-0.25, -0.2) is 26.4 Å². The number of hydroxylamine groups is 4. The molecule has 2 heterocycles. The van der Waals surface area contributed by atoms with E-state index in [0.717, 1.165) is 0 Å². The van der Waals surface area contributed by atoms with E-state index in [1.54, 1.807) is 0 Å². The van der Waals surface area contributed by atoms with E-state index in [1.165, 1.54) is 0 Å². The van der Waals surface area contributed by atoms with Gasteiger partial charge in [-0.05, 0) is 12.8 Å². The molecule has 35 heavy (non-hydrogen) atoms. The molecule has 0 saturated carbocycles. The third kappa shape index (κ3) is 9.13. The summed E-state index contributed by atoms with van der Waals surface area (Å²) in [5.41, 5.74) is 0. The van der Waals surface area contributed by atoms with Crippen LogP contribution in [-0.4, -0.2) is 82.1 Å². The average Bonchev–Trinajstić information content (AvgIpc) is 3.12. The van der Waals surface area contributed by atoms with Crippen LogP contribution in [0.2, 0.25) is 0 Å². The van der Waals surface area contributed by atoms with Crippen LogP contribution in [0.4, 0.5) is 0 Å². The van der Waals surface area contributed by atoms with Gasteiger partial charge in [0.25, 0.3) is 23.6 Å². The summed E-state index contributed by atoms with van der Waals surface area (Å²) in [6.07, 6.45) is -2.26. The van der Waals surface area contributed by atoms with Gasteiger partial charge in [0.15, 0.2) is 0 Å². The maximum Gasteiger partial charge on any atom is 1.00 e. The maximum atomic E-state index is 11.7. The summed E-state index contributed by atoms with van der Waals surface area (Å²) in [7, 11) is -10.2. The topological polar surface area (TPSA) is 242 Å². The molecule has 4 amide bonds. The van der Waals surface area contributed by atoms with Gasteiger partial charge in [-0.3, -0.25) is 19.2 Å². The number of carbonyl (C=O) groups is 6. The van der Waals surface area contributed by atoms with Crippen LogP contribution in [-0.2, 0) is 58.7 Å². The number of amides is 4. The zero-order valence-electron chi connectivity index (χ0n) is 18.5. The first-order valence-corrected chi connectivity index (χ1v) is 12.1. The van der Waals surface area contributed by atoms with Crippen LogP contribution < -0.4 is 59.1 Å². The van der Waals surface area contributed by atoms with Gasteiger partial charge in [-0.15, -0.1) is 10.1 Å². The molecule has 2 fully saturated rings. The number of unbranched alkanes of at least 4 members (excludes halogenated alkanes) is 2. The molecule has 0 aromatic heterocycles. The van der Waals surface area contributed by atoms with Gasteiger partial charge in [-0.2, -0.15) is 0 Å². The second-order valence-electron chi connectivity index (χ2n) is 6.91. The van der Waals surface area contributed by atoms with Gasteiger partial charge in [0.2, 0.25) is 0 Å². The summed E-state index contributed by atoms with van der Waals surface area (Å²) in [5.74, 6) is -7.44. The Balaban J connectivity index is 0.00000578. The van der Waals surface area contributed by atoms with E-state index < -0.39 is 79.1 Å². The average molecular weight is 558 g/mol. The molecule has 0 aromatic carbocycles. The second-order valence-corrected chi connectivity index (χ2v) is 10.0. The van der Waals surface area contributed by atoms with Gasteiger partial charge in [-0.1, -0.05) is 6.42 Å². The predicted molar refractivity (Wildman–Crippen MR) is 95.2 cm³/mol. The Morgan fingerprint density at radius 2 is 1.03 bits per heavy atom. The Labute approximate surface area is 243 Å². The van der Waals surface area contributed by atoms with Gasteiger partial charge in [0, 0.05) is 12.8 Å². The third-order valence-corrected chi connectivity index (χ3v) is 6.60. The molecule has 0 aliphatic carbocycles. The Kier molecular flexibility index (Phi) is 13.2. The zero-order valence-corrected chi connectivity index (χ0v) is 24.2. The normalized spacial score (nSPS) is 20.4. The first-order chi connectivity index (χ1) is 15.1. The maximum absolute atomic E-state index is 11.7. The molecule has 2 atom stereocenters. The van der Waals surface area contributed by atoms with E-state index in [0.29, 0.717) is 0 Å². The largest absolute Gasteiger partial charge is 1.00 e. The van der Waals surface area contributed by atoms with Crippen LogP contribution in [0.15, 0.2) is 0 Å². The van der Waals surface area contributed by atoms with Gasteiger partial charge in [0.1, 0.15) is 30.7 Å². The second kappa shape index (κ2) is 13.5. The molecule has 2 aliphatic heterocycles. The van der Waals surface area contributed by atoms with Gasteiger partial charge in [0.05, 0.1) is 12.8 Å². The smallest absolute Gasteiger partial charge is 0.747 e. The summed E-state index contributed by atoms with van der Waals surface area (Å²) < 4.78 is 65.5. The van der Waals surface area contributed by atoms with Crippen LogP contribution >= 0.6 is 0 Å². The summed E-state index contributed by atoms with van der Waals surface area (Å²) in [6.45, 7) is 0. The van der Waals surface area contributed by atoms with Crippen LogP contribution in [0.5, 0.6) is 0 Å². The fraction of sp³-hybridized carbons (Fsp3) is 0.600. The fourth-order valence-electron chi connectivity index (χ4n) is 2.82. The number of rotatable bonds is 10. The van der Waals surface area contributed by atoms with Crippen LogP contribution in [0.3, 0.4) is 0 Å². The van der Waals surface area contributed by atoms with Gasteiger partial charge < -0.3 is 18.8 Å². The van der Waals surface area contributed by atoms with E-state index in [9.17, 15) is 54.7 Å². The van der Waals surface area contributed by atoms with Crippen molar-refractivity contribution in [3.05, 3.63) is 0 Å². The molecule has 0 spiro atoms. The van der Waals surface area contributed by atoms with Gasteiger partial charge >= 0.3 is 71.1 Å². The summed E-state index contributed by atoms with van der Waals surface area (Å²) in [4.78, 5) is 78.9. The monoisotopic (exact) mass is 558 g/mol. The van der Waals surface area contributed by atoms with E-state index in [1.807, 2.05) is 0 Å². The molecule has 2 aliphatic rings. The van der Waals surface area contributed by atoms with Crippen LogP contribution in [0.25, 0.3) is 0 Å². The first kappa shape index (κ1) is 34.0. The van der Waals surface area contributed by atoms with E-state index in [-0.39, 0.29) is 101 Å². The Morgan fingerprint density at radius 1 is 0.714 bits per heavy atom. The summed E-state index contributed by atoms with van der Waals surface area (Å²) >= 11 is 0. The number of nitrogens with zero attached hydrogens (tertiary/aromatic N) is 2. The zero-order chi connectivity index (χ0) is 25.1. The molecule has 0 bridgehead atoms. The van der Waals surface area contributed by atoms with Crippen LogP contribution in [0, 0.1) is 0 Å². The minimum atomic E-state index is -5.10. The molecule has 2 unspecified atom stereocenters. The van der Waals surface area contributed by atoms with E-state index >= 15 is 0 Å². The standard InChI is InChI=1S/C15H18N2O14S2.2Na/c18-10-6-8(32(24,25)26)14(22)16(10)30-12(20)4-2-1-3-5-13(21)31-17-11(19)7-9(15(17)23)33(27,28)29;;/h8-9H,1-7H2,(H,24,25,26)(H,27,28,29);;/q;2*+1/p-2. The number of hydrogen-bond acceptors (Lipinski definition) is 14. The van der Waals surface area contributed by atoms with Crippen molar-refractivity contribution in [2.75, 3.05) is 0 Å². The Hall–Kier alpha value is -0.960. The number of imide groups is 2. The quantitative estimate of drug-likeness (QED) is 0.105. The summed E-state index contributed by atoms with van der Waals surface area (Å²) in [6, 6.07) is 0. The van der Waals surface area contributed by atoms with Crippen LogP contribution in [0.1, 0.15) is 44.9 Å². The SMILES string of the molecule is O=C(CCCCCC(=O)ON1C(=O)CC(S(=O)(=O)[O-])C1=O)ON1C(=O)CC(S(=O)(=O)[O-])C1=O.[Na+].[Na+]. The van der Waals surface area contributed by atoms with Crippen molar-refractivity contribution in [1.82, 2.24) is 10.1 Å². The van der Waals surface area contributed by atoms with Crippen molar-refractivity contribution in [2.45, 2.75) is 55.4 Å². The Bertz CT molecular complexity index is 1020. The molecular formula is C15H16N2Na2O14S2. The minimum Gasteiger partial charge on any atom is -0.747 e. The molecule has 20 heteroatoms. The number of carbonyl (C=O) groups excluding carboxylic acids is 6. The van der Waals surface area contributed by atoms with Crippen molar-refractivity contribution in [2.24, 2.45) is 0 Å². The molecule has 16 nitrogen and oxygen atoms in total. The molecule has 0 aromatic rings. The molecule has 2 rings (SSSR count). The molecular weight excluding hydrogens is 542 g/mol. The predicted octanol–water partition coefficient (Wildman–Crippen LogP) is -8.79. The van der Waals surface area contributed by atoms with Crippen molar-refractivity contribution in [1.29, 1.82) is 0 Å². The first-order valence-electron chi connectivity index (χ1n) is 9.17. The van der Waals surface area contributed by atoms with Crippen molar-refractivity contribution in [3.63, 3.8) is 0 Å². The van der Waals surface area contributed by atoms with E-state index in [2.05, 4.69) is 9.68 Å². The molecule has 0 N–H and O–H groups in total. The summed E-state index contributed by atoms with van der Waals surface area (Å²) in [5, 5.41) is -4.50. The Morgan fingerprint density at radius 3 is 1.29 bits per heavy atom. The van der Waals surface area contributed by atoms with Crippen molar-refractivity contribution in [3.8, 4) is 0 Å². The van der Waals surface area contributed by atoms with E-state index in [4.69, 9.17) is 0 Å². The van der Waals surface area contributed by atoms with Crippen molar-refractivity contribution < 1.29 is 123 Å². The van der Waals surface area contributed by atoms with Crippen molar-refractivity contribution >= 4 is 55.8 Å². The third-order valence-electron chi connectivity index (χ3n) is 4.47. The molecule has 184 valence electrons. The minimum absolute atomic E-state index is 0.